The number of ketones is 2. The Kier molecular flexibility index (Phi) is 8.23. The molecule has 0 atom stereocenters. The Morgan fingerprint density at radius 1 is 0.714 bits per heavy atom. The molecule has 0 spiro atoms. The van der Waals surface area contributed by atoms with E-state index in [1.165, 1.54) is 0 Å². The number of carbonyl (C=O) groups excluding carboxylic acids is 2. The summed E-state index contributed by atoms with van der Waals surface area (Å²) in [5.41, 5.74) is 0. The van der Waals surface area contributed by atoms with Gasteiger partial charge in [-0.1, -0.05) is 0 Å². The van der Waals surface area contributed by atoms with Gasteiger partial charge in [0.2, 0.25) is 0 Å². The minimum absolute atomic E-state index is 0.921. The van der Waals surface area contributed by atoms with Crippen molar-refractivity contribution < 1.29 is 39.6 Å². The average molecular weight is 208 g/mol. The molecule has 0 heterocycles. The molecule has 0 saturated heterocycles. The Balaban J connectivity index is 0. The highest BCUT2D eigenvalue weighted by Gasteiger charge is 2.07. The fourth-order valence-electron chi connectivity index (χ4n) is 0.135. The van der Waals surface area contributed by atoms with Crippen LogP contribution in [0.2, 0.25) is 0 Å². The maximum Gasteiger partial charge on any atom is 0.374 e. The summed E-state index contributed by atoms with van der Waals surface area (Å²) in [6.07, 6.45) is 0. The first-order valence-corrected chi connectivity index (χ1v) is 3.10. The number of hydrogen-bond donors (Lipinski definition) is 4. The molecule has 0 aromatic heterocycles. The van der Waals surface area contributed by atoms with Gasteiger partial charge < -0.3 is 20.4 Å². The molecular weight excluding hydrogens is 200 g/mol. The lowest BCUT2D eigenvalue weighted by Gasteiger charge is -1.80. The molecule has 0 aliphatic rings. The van der Waals surface area contributed by atoms with Crippen LogP contribution in [0.15, 0.2) is 0 Å². The summed E-state index contributed by atoms with van der Waals surface area (Å²) in [6, 6.07) is 0. The molecule has 0 fully saturated rings. The topological polar surface area (TPSA) is 149 Å². The predicted octanol–water partition coefficient (Wildman–Crippen LogP) is -2.74. The van der Waals surface area contributed by atoms with Crippen molar-refractivity contribution in [3.05, 3.63) is 0 Å². The molecule has 0 aliphatic heterocycles. The van der Waals surface area contributed by atoms with Crippen molar-refractivity contribution >= 4 is 23.5 Å². The van der Waals surface area contributed by atoms with E-state index < -0.39 is 36.7 Å². The lowest BCUT2D eigenvalue weighted by molar-refractivity contribution is -0.150. The Morgan fingerprint density at radius 3 is 0.929 bits per heavy atom. The zero-order valence-corrected chi connectivity index (χ0v) is 6.84. The number of carbonyl (C=O) groups is 4. The molecule has 0 aliphatic carbocycles. The monoisotopic (exact) mass is 208 g/mol. The van der Waals surface area contributed by atoms with Crippen LogP contribution in [0.25, 0.3) is 0 Å². The normalized spacial score (nSPS) is 8.14. The van der Waals surface area contributed by atoms with Crippen molar-refractivity contribution in [1.82, 2.24) is 0 Å². The lowest BCUT2D eigenvalue weighted by atomic mass is 10.4. The van der Waals surface area contributed by atoms with E-state index in [9.17, 15) is 19.2 Å². The second-order valence-electron chi connectivity index (χ2n) is 1.77. The minimum atomic E-state index is -1.59. The summed E-state index contributed by atoms with van der Waals surface area (Å²) in [5, 5.41) is 30.9. The van der Waals surface area contributed by atoms with Crippen molar-refractivity contribution in [3.8, 4) is 0 Å². The van der Waals surface area contributed by atoms with E-state index in [4.69, 9.17) is 20.4 Å². The highest BCUT2D eigenvalue weighted by Crippen LogP contribution is 1.65. The van der Waals surface area contributed by atoms with Crippen LogP contribution in [-0.4, -0.2) is 57.1 Å². The largest absolute Gasteiger partial charge is 0.475 e. The zero-order valence-electron chi connectivity index (χ0n) is 6.84. The first kappa shape index (κ1) is 14.7. The molecule has 0 rings (SSSR count). The summed E-state index contributed by atoms with van der Waals surface area (Å²) in [6.45, 7) is -1.84. The summed E-state index contributed by atoms with van der Waals surface area (Å²) >= 11 is 0. The molecule has 0 aromatic rings. The van der Waals surface area contributed by atoms with Crippen LogP contribution in [0, 0.1) is 0 Å². The number of carboxylic acid groups (broad SMARTS) is 2. The third-order valence-corrected chi connectivity index (χ3v) is 0.764. The van der Waals surface area contributed by atoms with Crippen LogP contribution in [-0.2, 0) is 19.2 Å². The number of aliphatic hydroxyl groups is 2. The van der Waals surface area contributed by atoms with Crippen LogP contribution in [0.4, 0.5) is 0 Å². The van der Waals surface area contributed by atoms with Crippen molar-refractivity contribution in [1.29, 1.82) is 0 Å². The molecule has 4 N–H and O–H groups in total. The predicted molar refractivity (Wildman–Crippen MR) is 39.5 cm³/mol. The number of hydrogen-bond acceptors (Lipinski definition) is 6. The molecule has 0 bridgehead atoms. The van der Waals surface area contributed by atoms with Crippen molar-refractivity contribution in [2.24, 2.45) is 0 Å². The molecule has 8 heteroatoms. The molecule has 14 heavy (non-hydrogen) atoms. The van der Waals surface area contributed by atoms with Gasteiger partial charge >= 0.3 is 11.9 Å². The van der Waals surface area contributed by atoms with Gasteiger partial charge in [-0.05, 0) is 0 Å². The molecule has 0 unspecified atom stereocenters. The summed E-state index contributed by atoms with van der Waals surface area (Å²) in [7, 11) is 0. The summed E-state index contributed by atoms with van der Waals surface area (Å²) < 4.78 is 0. The van der Waals surface area contributed by atoms with Crippen molar-refractivity contribution in [2.45, 2.75) is 0 Å². The smallest absolute Gasteiger partial charge is 0.374 e. The highest BCUT2D eigenvalue weighted by molar-refractivity contribution is 6.33. The van der Waals surface area contributed by atoms with Crippen LogP contribution >= 0.6 is 0 Å². The Bertz CT molecular complexity index is 216. The molecule has 80 valence electrons. The maximum atomic E-state index is 9.66. The fraction of sp³-hybridized carbons (Fsp3) is 0.333. The van der Waals surface area contributed by atoms with Gasteiger partial charge in [-0.2, -0.15) is 0 Å². The van der Waals surface area contributed by atoms with Gasteiger partial charge in [-0.25, -0.2) is 9.59 Å². The first-order chi connectivity index (χ1) is 6.36. The van der Waals surface area contributed by atoms with Crippen molar-refractivity contribution in [3.63, 3.8) is 0 Å². The second-order valence-corrected chi connectivity index (χ2v) is 1.77. The number of aliphatic hydroxyl groups excluding tert-OH is 2. The summed E-state index contributed by atoms with van der Waals surface area (Å²) in [4.78, 5) is 38.2. The second kappa shape index (κ2) is 7.83. The fourth-order valence-corrected chi connectivity index (χ4v) is 0.135. The van der Waals surface area contributed by atoms with E-state index in [0.29, 0.717) is 0 Å². The van der Waals surface area contributed by atoms with Crippen LogP contribution in [0.1, 0.15) is 0 Å². The quantitative estimate of drug-likeness (QED) is 0.363. The maximum absolute atomic E-state index is 9.66. The van der Waals surface area contributed by atoms with Crippen LogP contribution in [0.5, 0.6) is 0 Å². The number of aliphatic carboxylic acids is 2. The Morgan fingerprint density at radius 2 is 0.929 bits per heavy atom. The van der Waals surface area contributed by atoms with E-state index in [1.807, 2.05) is 0 Å². The van der Waals surface area contributed by atoms with E-state index in [2.05, 4.69) is 0 Å². The number of Topliss-reactive ketones (excluding diaryl/α,β-unsaturated/α-hetero) is 2. The van der Waals surface area contributed by atoms with Gasteiger partial charge in [0, 0.05) is 0 Å². The average Bonchev–Trinajstić information content (AvgIpc) is 2.15. The van der Waals surface area contributed by atoms with E-state index >= 15 is 0 Å². The standard InChI is InChI=1S/2C3H4O4/c2*4-1-2(5)3(6)7/h2*4H,1H2,(H,6,7). The van der Waals surface area contributed by atoms with Gasteiger partial charge in [0.25, 0.3) is 11.6 Å². The lowest BCUT2D eigenvalue weighted by Crippen LogP contribution is -2.15. The van der Waals surface area contributed by atoms with Gasteiger partial charge in [0.05, 0.1) is 0 Å². The van der Waals surface area contributed by atoms with Crippen LogP contribution < -0.4 is 0 Å². The highest BCUT2D eigenvalue weighted by atomic mass is 16.4. The SMILES string of the molecule is O=C(O)C(=O)CO.O=C(O)C(=O)CO. The molecular formula is C6H8O8. The third-order valence-electron chi connectivity index (χ3n) is 0.764. The molecule has 8 nitrogen and oxygen atoms in total. The summed E-state index contributed by atoms with van der Waals surface area (Å²) in [5.74, 6) is -5.55. The number of carboxylic acids is 2. The Labute approximate surface area is 77.4 Å². The minimum Gasteiger partial charge on any atom is -0.475 e. The van der Waals surface area contributed by atoms with Gasteiger partial charge in [-0.3, -0.25) is 9.59 Å². The molecule has 0 aromatic carbocycles. The Hall–Kier alpha value is -1.80. The molecule has 0 saturated carbocycles. The zero-order chi connectivity index (χ0) is 11.7. The molecule has 0 amide bonds. The van der Waals surface area contributed by atoms with Gasteiger partial charge in [0.15, 0.2) is 0 Å². The third kappa shape index (κ3) is 8.30. The van der Waals surface area contributed by atoms with E-state index in [1.54, 1.807) is 0 Å². The van der Waals surface area contributed by atoms with Crippen LogP contribution in [0.3, 0.4) is 0 Å². The van der Waals surface area contributed by atoms with E-state index in [-0.39, 0.29) is 0 Å². The molecule has 0 radical (unpaired) electrons. The van der Waals surface area contributed by atoms with Gasteiger partial charge in [0.1, 0.15) is 13.2 Å². The van der Waals surface area contributed by atoms with Gasteiger partial charge in [-0.15, -0.1) is 0 Å². The van der Waals surface area contributed by atoms with E-state index in [0.717, 1.165) is 0 Å². The first-order valence-electron chi connectivity index (χ1n) is 3.10. The number of rotatable bonds is 4. The van der Waals surface area contributed by atoms with Crippen molar-refractivity contribution in [2.75, 3.05) is 13.2 Å².